The summed E-state index contributed by atoms with van der Waals surface area (Å²) < 4.78 is 7.88. The minimum atomic E-state index is 0.647. The smallest absolute Gasteiger partial charge is 0.190 e. The van der Waals surface area contributed by atoms with Gasteiger partial charge in [0.05, 0.1) is 6.61 Å². The molecule has 0 spiro atoms. The Balaban J connectivity index is 1.16. The molecule has 0 fully saturated rings. The number of aliphatic imine (C=N–C) groups is 1. The maximum absolute atomic E-state index is 5.88. The Bertz CT molecular complexity index is 1140. The van der Waals surface area contributed by atoms with Crippen molar-refractivity contribution in [3.63, 3.8) is 0 Å². The average Bonchev–Trinajstić information content (AvgIpc) is 3.20. The highest BCUT2D eigenvalue weighted by molar-refractivity contribution is 5.83. The zero-order valence-electron chi connectivity index (χ0n) is 17.1. The van der Waals surface area contributed by atoms with E-state index in [1.54, 1.807) is 7.05 Å². The average molecular weight is 403 g/mol. The van der Waals surface area contributed by atoms with Crippen molar-refractivity contribution in [1.29, 1.82) is 0 Å². The quantitative estimate of drug-likeness (QED) is 0.269. The van der Waals surface area contributed by atoms with E-state index in [-0.39, 0.29) is 0 Å². The Kier molecular flexibility index (Phi) is 6.39. The van der Waals surface area contributed by atoms with Crippen LogP contribution in [0.1, 0.15) is 12.2 Å². The Morgan fingerprint density at radius 3 is 2.70 bits per heavy atom. The number of pyridine rings is 1. The molecule has 2 aromatic carbocycles. The van der Waals surface area contributed by atoms with Crippen LogP contribution in [-0.2, 0) is 6.42 Å². The van der Waals surface area contributed by atoms with E-state index in [1.165, 1.54) is 10.8 Å². The fourth-order valence-electron chi connectivity index (χ4n) is 3.30. The lowest BCUT2D eigenvalue weighted by Gasteiger charge is -2.12. The van der Waals surface area contributed by atoms with Gasteiger partial charge in [0, 0.05) is 32.8 Å². The molecule has 0 amide bonds. The lowest BCUT2D eigenvalue weighted by Crippen LogP contribution is -2.39. The number of nitrogens with zero attached hydrogens (tertiary/aromatic N) is 4. The molecule has 2 heterocycles. The molecular weight excluding hydrogens is 376 g/mol. The number of hydrogen-bond acceptors (Lipinski definition) is 4. The highest BCUT2D eigenvalue weighted by atomic mass is 16.5. The van der Waals surface area contributed by atoms with Crippen LogP contribution in [-0.4, -0.2) is 47.3 Å². The molecule has 0 atom stereocenters. The molecule has 154 valence electrons. The Morgan fingerprint density at radius 1 is 0.967 bits per heavy atom. The van der Waals surface area contributed by atoms with Crippen molar-refractivity contribution < 1.29 is 4.74 Å². The first-order valence-corrected chi connectivity index (χ1v) is 10.2. The minimum Gasteiger partial charge on any atom is -0.494 e. The molecule has 0 saturated carbocycles. The largest absolute Gasteiger partial charge is 0.494 e. The lowest BCUT2D eigenvalue weighted by molar-refractivity contribution is 0.311. The number of hydrogen-bond donors (Lipinski definition) is 2. The van der Waals surface area contributed by atoms with E-state index >= 15 is 0 Å². The van der Waals surface area contributed by atoms with Gasteiger partial charge in [-0.2, -0.15) is 0 Å². The highest BCUT2D eigenvalue weighted by Crippen LogP contribution is 2.20. The van der Waals surface area contributed by atoms with Crippen molar-refractivity contribution in [3.05, 3.63) is 72.7 Å². The van der Waals surface area contributed by atoms with Gasteiger partial charge >= 0.3 is 0 Å². The number of guanidine groups is 1. The van der Waals surface area contributed by atoms with Gasteiger partial charge in [-0.15, -0.1) is 10.2 Å². The summed E-state index contributed by atoms with van der Waals surface area (Å²) in [4.78, 5) is 4.27. The molecule has 0 aliphatic heterocycles. The summed E-state index contributed by atoms with van der Waals surface area (Å²) in [5, 5.41) is 17.5. The van der Waals surface area contributed by atoms with Crippen molar-refractivity contribution >= 4 is 22.4 Å². The van der Waals surface area contributed by atoms with Gasteiger partial charge in [0.15, 0.2) is 11.6 Å². The summed E-state index contributed by atoms with van der Waals surface area (Å²) in [6, 6.07) is 20.4. The van der Waals surface area contributed by atoms with Crippen molar-refractivity contribution in [3.8, 4) is 5.75 Å². The van der Waals surface area contributed by atoms with Crippen LogP contribution in [0.2, 0.25) is 0 Å². The van der Waals surface area contributed by atoms with Crippen LogP contribution < -0.4 is 15.4 Å². The Hall–Kier alpha value is -3.61. The second kappa shape index (κ2) is 9.73. The molecule has 0 unspecified atom stereocenters. The summed E-state index contributed by atoms with van der Waals surface area (Å²) in [6.07, 6.45) is 3.62. The van der Waals surface area contributed by atoms with Gasteiger partial charge in [0.25, 0.3) is 0 Å². The molecule has 2 aromatic heterocycles. The third-order valence-corrected chi connectivity index (χ3v) is 4.85. The molecule has 0 bridgehead atoms. The zero-order valence-corrected chi connectivity index (χ0v) is 17.1. The molecule has 4 rings (SSSR count). The monoisotopic (exact) mass is 402 g/mol. The second-order valence-corrected chi connectivity index (χ2v) is 6.93. The van der Waals surface area contributed by atoms with Crippen molar-refractivity contribution in [2.75, 3.05) is 26.7 Å². The molecule has 0 saturated heterocycles. The van der Waals surface area contributed by atoms with Crippen LogP contribution in [0.3, 0.4) is 0 Å². The summed E-state index contributed by atoms with van der Waals surface area (Å²) in [6.45, 7) is 2.15. The second-order valence-electron chi connectivity index (χ2n) is 6.93. The molecular formula is C23H26N6O. The first kappa shape index (κ1) is 19.7. The van der Waals surface area contributed by atoms with E-state index in [0.29, 0.717) is 6.61 Å². The Morgan fingerprint density at radius 2 is 1.80 bits per heavy atom. The zero-order chi connectivity index (χ0) is 20.6. The predicted octanol–water partition coefficient (Wildman–Crippen LogP) is 3.06. The van der Waals surface area contributed by atoms with Gasteiger partial charge in [-0.3, -0.25) is 9.39 Å². The van der Waals surface area contributed by atoms with Crippen molar-refractivity contribution in [2.45, 2.75) is 12.8 Å². The number of nitrogens with one attached hydrogen (secondary N) is 2. The van der Waals surface area contributed by atoms with Crippen molar-refractivity contribution in [2.24, 2.45) is 4.99 Å². The minimum absolute atomic E-state index is 0.647. The van der Waals surface area contributed by atoms with E-state index in [2.05, 4.69) is 50.1 Å². The summed E-state index contributed by atoms with van der Waals surface area (Å²) in [5.41, 5.74) is 0.862. The molecule has 30 heavy (non-hydrogen) atoms. The van der Waals surface area contributed by atoms with E-state index in [4.69, 9.17) is 4.74 Å². The summed E-state index contributed by atoms with van der Waals surface area (Å²) in [5.74, 6) is 2.60. The third-order valence-electron chi connectivity index (χ3n) is 4.85. The van der Waals surface area contributed by atoms with Crippen LogP contribution in [0, 0.1) is 0 Å². The number of aromatic nitrogens is 3. The van der Waals surface area contributed by atoms with Crippen LogP contribution in [0.4, 0.5) is 0 Å². The normalized spacial score (nSPS) is 11.7. The fourth-order valence-corrected chi connectivity index (χ4v) is 3.30. The number of benzene rings is 2. The van der Waals surface area contributed by atoms with Crippen LogP contribution in [0.25, 0.3) is 16.4 Å². The molecule has 2 N–H and O–H groups in total. The van der Waals surface area contributed by atoms with Gasteiger partial charge in [-0.25, -0.2) is 0 Å². The van der Waals surface area contributed by atoms with Crippen LogP contribution in [0.5, 0.6) is 5.75 Å². The summed E-state index contributed by atoms with van der Waals surface area (Å²) in [7, 11) is 1.77. The first-order valence-electron chi connectivity index (χ1n) is 10.2. The molecule has 7 nitrogen and oxygen atoms in total. The third kappa shape index (κ3) is 4.86. The van der Waals surface area contributed by atoms with Gasteiger partial charge in [-0.05, 0) is 41.5 Å². The van der Waals surface area contributed by atoms with Gasteiger partial charge in [0.2, 0.25) is 0 Å². The molecule has 0 aliphatic carbocycles. The SMILES string of the molecule is CN=C(NCCCOc1ccc2ccccc2c1)NCCc1nnc2ccccn12. The lowest BCUT2D eigenvalue weighted by atomic mass is 10.1. The first-order chi connectivity index (χ1) is 14.8. The maximum Gasteiger partial charge on any atom is 0.190 e. The van der Waals surface area contributed by atoms with E-state index in [0.717, 1.165) is 49.1 Å². The van der Waals surface area contributed by atoms with Gasteiger partial charge in [0.1, 0.15) is 11.6 Å². The molecule has 0 aliphatic rings. The predicted molar refractivity (Wildman–Crippen MR) is 120 cm³/mol. The maximum atomic E-state index is 5.88. The Labute approximate surface area is 175 Å². The highest BCUT2D eigenvalue weighted by Gasteiger charge is 2.05. The molecule has 0 radical (unpaired) electrons. The molecule has 4 aromatic rings. The van der Waals surface area contributed by atoms with Crippen LogP contribution >= 0.6 is 0 Å². The van der Waals surface area contributed by atoms with E-state index < -0.39 is 0 Å². The number of fused-ring (bicyclic) bond motifs is 2. The van der Waals surface area contributed by atoms with Gasteiger partial charge in [-0.1, -0.05) is 36.4 Å². The van der Waals surface area contributed by atoms with Gasteiger partial charge < -0.3 is 15.4 Å². The van der Waals surface area contributed by atoms with E-state index in [9.17, 15) is 0 Å². The summed E-state index contributed by atoms with van der Waals surface area (Å²) >= 11 is 0. The topological polar surface area (TPSA) is 75.8 Å². The number of rotatable bonds is 8. The van der Waals surface area contributed by atoms with Crippen molar-refractivity contribution in [1.82, 2.24) is 25.2 Å². The molecule has 7 heteroatoms. The fraction of sp³-hybridized carbons (Fsp3) is 0.261. The standard InChI is InChI=1S/C23H26N6O/c1-24-23(26-14-12-22-28-27-21-9-4-5-15-29(21)22)25-13-6-16-30-20-11-10-18-7-2-3-8-19(18)17-20/h2-5,7-11,15,17H,6,12-14,16H2,1H3,(H2,24,25,26). The number of ether oxygens (including phenoxy) is 1. The van der Waals surface area contributed by atoms with E-state index in [1.807, 2.05) is 47.0 Å². The van der Waals surface area contributed by atoms with Crippen LogP contribution in [0.15, 0.2) is 71.9 Å².